The molecule has 0 aromatic rings. The van der Waals surface area contributed by atoms with E-state index >= 15 is 0 Å². The molecule has 1 heterocycles. The quantitative estimate of drug-likeness (QED) is 0.271. The average Bonchev–Trinajstić information content (AvgIpc) is 2.50. The predicted octanol–water partition coefficient (Wildman–Crippen LogP) is -2.86. The summed E-state index contributed by atoms with van der Waals surface area (Å²) in [7, 11) is 0. The van der Waals surface area contributed by atoms with Crippen molar-refractivity contribution in [2.75, 3.05) is 19.8 Å². The summed E-state index contributed by atoms with van der Waals surface area (Å²) in [6.07, 6.45) is -11.4. The second kappa shape index (κ2) is 8.72. The molecule has 1 aliphatic heterocycles. The molecule has 5 atom stereocenters. The van der Waals surface area contributed by atoms with Crippen molar-refractivity contribution in [1.82, 2.24) is 10.4 Å². The number of nitrogens with zero attached hydrogens (tertiary/aromatic N) is 1. The van der Waals surface area contributed by atoms with Crippen molar-refractivity contribution >= 4 is 6.03 Å². The smallest absolute Gasteiger partial charge is 0.394 e. The molecule has 1 rings (SSSR count). The highest BCUT2D eigenvalue weighted by Crippen LogP contribution is 2.20. The molecule has 0 aromatic carbocycles. The summed E-state index contributed by atoms with van der Waals surface area (Å²) in [4.78, 5) is 15.9. The first kappa shape index (κ1) is 20.8. The van der Waals surface area contributed by atoms with E-state index in [1.807, 2.05) is 5.32 Å². The van der Waals surface area contributed by atoms with Crippen molar-refractivity contribution in [3.63, 3.8) is 0 Å². The zero-order valence-corrected chi connectivity index (χ0v) is 12.1. The number of alkyl halides is 3. The molecule has 11 nitrogen and oxygen atoms in total. The van der Waals surface area contributed by atoms with E-state index in [9.17, 15) is 33.3 Å². The lowest BCUT2D eigenvalue weighted by Gasteiger charge is -2.40. The number of hydrogen-bond acceptors (Lipinski definition) is 9. The van der Waals surface area contributed by atoms with Gasteiger partial charge in [-0.25, -0.2) is 4.79 Å². The van der Waals surface area contributed by atoms with Crippen LogP contribution in [-0.2, 0) is 14.4 Å². The predicted molar refractivity (Wildman–Crippen MR) is 66.3 cm³/mol. The van der Waals surface area contributed by atoms with Crippen molar-refractivity contribution < 1.29 is 52.8 Å². The molecule has 1 fully saturated rings. The standard InChI is InChI=1S/C10H18F3N3O8/c11-10(12,13)22-2-1-16(24-14)9(21)15-5-7(19)6(18)4(3-17)23-8(5)20/h4-8,17-20H,1-3,14H2,(H,15,21). The van der Waals surface area contributed by atoms with Gasteiger partial charge in [0, 0.05) is 0 Å². The molecule has 142 valence electrons. The van der Waals surface area contributed by atoms with Crippen molar-refractivity contribution in [3.05, 3.63) is 0 Å². The van der Waals surface area contributed by atoms with Crippen molar-refractivity contribution in [3.8, 4) is 0 Å². The number of carbonyl (C=O) groups is 1. The van der Waals surface area contributed by atoms with E-state index in [-0.39, 0.29) is 5.06 Å². The van der Waals surface area contributed by atoms with E-state index in [0.717, 1.165) is 0 Å². The summed E-state index contributed by atoms with van der Waals surface area (Å²) in [6.45, 7) is -2.43. The highest BCUT2D eigenvalue weighted by molar-refractivity contribution is 5.73. The summed E-state index contributed by atoms with van der Waals surface area (Å²) >= 11 is 0. The topological polar surface area (TPSA) is 167 Å². The Morgan fingerprint density at radius 3 is 2.42 bits per heavy atom. The van der Waals surface area contributed by atoms with Crippen LogP contribution < -0.4 is 11.2 Å². The maximum Gasteiger partial charge on any atom is 0.522 e. The summed E-state index contributed by atoms with van der Waals surface area (Å²) in [6, 6.07) is -2.79. The number of aliphatic hydroxyl groups is 4. The van der Waals surface area contributed by atoms with Crippen LogP contribution in [0.4, 0.5) is 18.0 Å². The van der Waals surface area contributed by atoms with Gasteiger partial charge in [0.05, 0.1) is 19.8 Å². The maximum atomic E-state index is 11.9. The Balaban J connectivity index is 2.60. The fourth-order valence-electron chi connectivity index (χ4n) is 1.91. The van der Waals surface area contributed by atoms with Gasteiger partial charge in [0.2, 0.25) is 0 Å². The number of amides is 2. The van der Waals surface area contributed by atoms with Crippen LogP contribution >= 0.6 is 0 Å². The second-order valence-electron chi connectivity index (χ2n) is 4.71. The highest BCUT2D eigenvalue weighted by atomic mass is 19.4. The fraction of sp³-hybridized carbons (Fsp3) is 0.900. The third-order valence-corrected chi connectivity index (χ3v) is 3.10. The van der Waals surface area contributed by atoms with Crippen molar-refractivity contribution in [1.29, 1.82) is 0 Å². The molecule has 5 unspecified atom stereocenters. The minimum absolute atomic E-state index is 0.232. The molecule has 1 saturated heterocycles. The van der Waals surface area contributed by atoms with Gasteiger partial charge in [0.1, 0.15) is 24.4 Å². The number of carbonyl (C=O) groups excluding carboxylic acids is 1. The molecule has 24 heavy (non-hydrogen) atoms. The zero-order valence-electron chi connectivity index (χ0n) is 12.1. The number of rotatable bonds is 6. The van der Waals surface area contributed by atoms with Gasteiger partial charge >= 0.3 is 12.4 Å². The molecule has 0 aromatic heterocycles. The Morgan fingerprint density at radius 2 is 1.92 bits per heavy atom. The lowest BCUT2D eigenvalue weighted by molar-refractivity contribution is -0.327. The van der Waals surface area contributed by atoms with Gasteiger partial charge in [-0.3, -0.25) is 4.74 Å². The minimum atomic E-state index is -4.91. The van der Waals surface area contributed by atoms with Gasteiger partial charge in [-0.1, -0.05) is 0 Å². The van der Waals surface area contributed by atoms with E-state index in [1.54, 1.807) is 0 Å². The van der Waals surface area contributed by atoms with Crippen LogP contribution in [0.3, 0.4) is 0 Å². The largest absolute Gasteiger partial charge is 0.522 e. The summed E-state index contributed by atoms with van der Waals surface area (Å²) in [5, 5.41) is 40.2. The highest BCUT2D eigenvalue weighted by Gasteiger charge is 2.44. The molecular weight excluding hydrogens is 347 g/mol. The molecule has 14 heteroatoms. The molecule has 0 radical (unpaired) electrons. The lowest BCUT2D eigenvalue weighted by atomic mass is 9.97. The van der Waals surface area contributed by atoms with Gasteiger partial charge < -0.3 is 30.5 Å². The van der Waals surface area contributed by atoms with Crippen molar-refractivity contribution in [2.45, 2.75) is 37.0 Å². The van der Waals surface area contributed by atoms with Crippen LogP contribution in [0, 0.1) is 0 Å². The van der Waals surface area contributed by atoms with Gasteiger partial charge in [0.15, 0.2) is 6.29 Å². The van der Waals surface area contributed by atoms with Crippen LogP contribution in [0.2, 0.25) is 0 Å². The van der Waals surface area contributed by atoms with E-state index in [0.29, 0.717) is 0 Å². The second-order valence-corrected chi connectivity index (χ2v) is 4.71. The van der Waals surface area contributed by atoms with Gasteiger partial charge in [-0.2, -0.15) is 15.9 Å². The number of urea groups is 1. The lowest BCUT2D eigenvalue weighted by Crippen LogP contribution is -2.65. The third-order valence-electron chi connectivity index (χ3n) is 3.10. The van der Waals surface area contributed by atoms with Crippen LogP contribution in [0.25, 0.3) is 0 Å². The Morgan fingerprint density at radius 1 is 1.29 bits per heavy atom. The van der Waals surface area contributed by atoms with Crippen LogP contribution in [0.15, 0.2) is 0 Å². The summed E-state index contributed by atoms with van der Waals surface area (Å²) < 4.78 is 43.8. The van der Waals surface area contributed by atoms with Crippen LogP contribution in [0.1, 0.15) is 0 Å². The first-order valence-electron chi connectivity index (χ1n) is 6.56. The van der Waals surface area contributed by atoms with E-state index < -0.39 is 62.8 Å². The number of ether oxygens (including phenoxy) is 2. The molecule has 2 amide bonds. The summed E-state index contributed by atoms with van der Waals surface area (Å²) in [5.41, 5.74) is 0. The molecule has 0 saturated carbocycles. The summed E-state index contributed by atoms with van der Waals surface area (Å²) in [5.74, 6) is 4.76. The monoisotopic (exact) mass is 365 g/mol. The minimum Gasteiger partial charge on any atom is -0.394 e. The van der Waals surface area contributed by atoms with E-state index in [4.69, 9.17) is 15.7 Å². The van der Waals surface area contributed by atoms with Gasteiger partial charge in [-0.05, 0) is 0 Å². The number of aliphatic hydroxyl groups excluding tert-OH is 4. The number of hydroxylamine groups is 2. The Bertz CT molecular complexity index is 415. The third kappa shape index (κ3) is 5.67. The molecule has 0 bridgehead atoms. The van der Waals surface area contributed by atoms with E-state index in [1.165, 1.54) is 0 Å². The maximum absolute atomic E-state index is 11.9. The number of nitrogens with one attached hydrogen (secondary N) is 1. The van der Waals surface area contributed by atoms with Crippen molar-refractivity contribution in [2.24, 2.45) is 5.90 Å². The SMILES string of the molecule is NON(CCOC(F)(F)F)C(=O)NC1C(O)OC(CO)C(O)C1O. The molecule has 7 N–H and O–H groups in total. The van der Waals surface area contributed by atoms with Crippen LogP contribution in [-0.4, -0.2) is 88.3 Å². The Hall–Kier alpha value is -1.26. The number of hydrogen-bond donors (Lipinski definition) is 6. The number of halogens is 3. The molecule has 0 aliphatic carbocycles. The molecule has 0 spiro atoms. The van der Waals surface area contributed by atoms with E-state index in [2.05, 4.69) is 9.68 Å². The molecular formula is C10H18F3N3O8. The average molecular weight is 365 g/mol. The molecule has 1 aliphatic rings. The fourth-order valence-corrected chi connectivity index (χ4v) is 1.91. The zero-order chi connectivity index (χ0) is 18.5. The normalized spacial score (nSPS) is 30.9. The Labute approximate surface area is 133 Å². The first-order chi connectivity index (χ1) is 11.1. The van der Waals surface area contributed by atoms with Crippen LogP contribution in [0.5, 0.6) is 0 Å². The Kier molecular flexibility index (Phi) is 7.56. The first-order valence-corrected chi connectivity index (χ1v) is 6.56. The number of nitrogens with two attached hydrogens (primary N) is 1. The van der Waals surface area contributed by atoms with Gasteiger partial charge in [0.25, 0.3) is 0 Å². The van der Waals surface area contributed by atoms with Gasteiger partial charge in [-0.15, -0.1) is 13.2 Å².